The largest absolute Gasteiger partial charge is 0.457 e. The summed E-state index contributed by atoms with van der Waals surface area (Å²) in [6, 6.07) is 14.8. The average molecular weight is 500 g/mol. The number of anilines is 1. The van der Waals surface area contributed by atoms with Crippen LogP contribution in [0.1, 0.15) is 41.2 Å². The second-order valence-corrected chi connectivity index (χ2v) is 9.41. The maximum Gasteiger partial charge on any atom is 0.264 e. The lowest BCUT2D eigenvalue weighted by Crippen LogP contribution is -2.16. The monoisotopic (exact) mass is 499 g/mol. The van der Waals surface area contributed by atoms with Crippen molar-refractivity contribution < 1.29 is 26.7 Å². The number of nitriles is 1. The fourth-order valence-corrected chi connectivity index (χ4v) is 4.03. The van der Waals surface area contributed by atoms with Gasteiger partial charge in [-0.05, 0) is 72.5 Å². The van der Waals surface area contributed by atoms with Gasteiger partial charge in [-0.25, -0.2) is 22.3 Å². The highest BCUT2D eigenvalue weighted by molar-refractivity contribution is 7.89. The van der Waals surface area contributed by atoms with E-state index in [1.54, 1.807) is 25.1 Å². The number of nitrogens with one attached hydrogen (secondary N) is 1. The molecule has 0 atom stereocenters. The maximum absolute atomic E-state index is 13.2. The molecule has 0 bridgehead atoms. The third-order valence-electron chi connectivity index (χ3n) is 5.22. The highest BCUT2D eigenvalue weighted by Gasteiger charge is 2.15. The summed E-state index contributed by atoms with van der Waals surface area (Å²) in [5.41, 5.74) is 2.11. The first-order valence-electron chi connectivity index (χ1n) is 10.6. The van der Waals surface area contributed by atoms with Gasteiger partial charge in [-0.3, -0.25) is 4.79 Å². The van der Waals surface area contributed by atoms with Crippen molar-refractivity contribution in [2.75, 3.05) is 5.32 Å². The Hall–Kier alpha value is -3.81. The molecule has 0 aromatic heterocycles. The number of rotatable bonds is 8. The number of alkyl halides is 2. The predicted octanol–water partition coefficient (Wildman–Crippen LogP) is 4.99. The molecular formula is C25H23F2N3O4S. The molecule has 0 aliphatic heterocycles. The van der Waals surface area contributed by atoms with Crippen LogP contribution in [0.2, 0.25) is 0 Å². The number of carbonyl (C=O) groups is 1. The molecule has 7 nitrogen and oxygen atoms in total. The number of ether oxygens (including phenoxy) is 1. The topological polar surface area (TPSA) is 122 Å². The van der Waals surface area contributed by atoms with Crippen LogP contribution in [0.15, 0.2) is 59.5 Å². The molecule has 3 rings (SSSR count). The van der Waals surface area contributed by atoms with Gasteiger partial charge in [0.05, 0.1) is 22.9 Å². The van der Waals surface area contributed by atoms with Crippen molar-refractivity contribution in [3.05, 3.63) is 82.4 Å². The smallest absolute Gasteiger partial charge is 0.264 e. The summed E-state index contributed by atoms with van der Waals surface area (Å²) in [5, 5.41) is 17.0. The molecule has 0 aliphatic carbocycles. The van der Waals surface area contributed by atoms with Crippen LogP contribution in [0, 0.1) is 18.3 Å². The van der Waals surface area contributed by atoms with Crippen molar-refractivity contribution in [2.45, 2.75) is 38.0 Å². The summed E-state index contributed by atoms with van der Waals surface area (Å²) in [5.74, 6) is 0.140. The molecular weight excluding hydrogens is 476 g/mol. The van der Waals surface area contributed by atoms with Gasteiger partial charge in [0, 0.05) is 11.3 Å². The maximum atomic E-state index is 13.2. The Bertz CT molecular complexity index is 1420. The Kier molecular flexibility index (Phi) is 7.84. The van der Waals surface area contributed by atoms with Crippen molar-refractivity contribution in [3.8, 4) is 17.6 Å². The molecule has 0 radical (unpaired) electrons. The van der Waals surface area contributed by atoms with Crippen molar-refractivity contribution in [1.29, 1.82) is 5.26 Å². The van der Waals surface area contributed by atoms with E-state index < -0.39 is 16.4 Å². The number of sulfonamides is 1. The fourth-order valence-electron chi connectivity index (χ4n) is 3.43. The van der Waals surface area contributed by atoms with Gasteiger partial charge in [0.2, 0.25) is 15.9 Å². The van der Waals surface area contributed by atoms with E-state index in [4.69, 9.17) is 15.1 Å². The van der Waals surface area contributed by atoms with Crippen LogP contribution in [0.4, 0.5) is 14.5 Å². The zero-order valence-corrected chi connectivity index (χ0v) is 19.8. The standard InChI is InChI=1S/C25H23F2N3O4S/c1-3-18-5-4-16(11-23(18)34-20-10-17(14-28)9-19(13-20)25(26)27)12-24(31)30-22-7-6-21(8-15(22)2)35(29,32)33/h4-11,13,25H,3,12H2,1-2H3,(H,30,31)(H2,29,32,33). The third kappa shape index (κ3) is 6.62. The second-order valence-electron chi connectivity index (χ2n) is 7.85. The third-order valence-corrected chi connectivity index (χ3v) is 6.13. The lowest BCUT2D eigenvalue weighted by atomic mass is 10.1. The number of aryl methyl sites for hydroxylation is 2. The van der Waals surface area contributed by atoms with Crippen molar-refractivity contribution in [2.24, 2.45) is 5.14 Å². The lowest BCUT2D eigenvalue weighted by molar-refractivity contribution is -0.115. The highest BCUT2D eigenvalue weighted by Crippen LogP contribution is 2.31. The van der Waals surface area contributed by atoms with Gasteiger partial charge in [-0.15, -0.1) is 0 Å². The zero-order chi connectivity index (χ0) is 25.8. The summed E-state index contributed by atoms with van der Waals surface area (Å²) in [7, 11) is -3.85. The Morgan fingerprint density at radius 2 is 1.89 bits per heavy atom. The van der Waals surface area contributed by atoms with Gasteiger partial charge in [-0.1, -0.05) is 19.1 Å². The zero-order valence-electron chi connectivity index (χ0n) is 19.0. The molecule has 0 heterocycles. The second kappa shape index (κ2) is 10.6. The summed E-state index contributed by atoms with van der Waals surface area (Å²) in [4.78, 5) is 12.6. The fraction of sp³-hybridized carbons (Fsp3) is 0.200. The Morgan fingerprint density at radius 3 is 2.49 bits per heavy atom. The Labute approximate surface area is 202 Å². The summed E-state index contributed by atoms with van der Waals surface area (Å²) >= 11 is 0. The quantitative estimate of drug-likeness (QED) is 0.452. The van der Waals surface area contributed by atoms with E-state index in [2.05, 4.69) is 5.32 Å². The number of nitrogens with zero attached hydrogens (tertiary/aromatic N) is 1. The molecule has 3 aromatic rings. The van der Waals surface area contributed by atoms with E-state index in [1.165, 1.54) is 30.3 Å². The molecule has 0 unspecified atom stereocenters. The molecule has 35 heavy (non-hydrogen) atoms. The number of nitrogens with two attached hydrogens (primary N) is 1. The van der Waals surface area contributed by atoms with Crippen LogP contribution in [0.25, 0.3) is 0 Å². The summed E-state index contributed by atoms with van der Waals surface area (Å²) < 4.78 is 55.2. The summed E-state index contributed by atoms with van der Waals surface area (Å²) in [6.45, 7) is 3.55. The van der Waals surface area contributed by atoms with Crippen LogP contribution >= 0.6 is 0 Å². The van der Waals surface area contributed by atoms with E-state index in [-0.39, 0.29) is 34.1 Å². The number of primary sulfonamides is 1. The van der Waals surface area contributed by atoms with E-state index in [0.29, 0.717) is 29.0 Å². The minimum atomic E-state index is -3.85. The molecule has 3 N–H and O–H groups in total. The first-order valence-corrected chi connectivity index (χ1v) is 12.1. The van der Waals surface area contributed by atoms with Gasteiger partial charge in [-0.2, -0.15) is 5.26 Å². The Balaban J connectivity index is 1.81. The molecule has 3 aromatic carbocycles. The lowest BCUT2D eigenvalue weighted by Gasteiger charge is -2.14. The normalized spacial score (nSPS) is 11.2. The van der Waals surface area contributed by atoms with Gasteiger partial charge in [0.1, 0.15) is 11.5 Å². The SMILES string of the molecule is CCc1ccc(CC(=O)Nc2ccc(S(N)(=O)=O)cc2C)cc1Oc1cc(C#N)cc(C(F)F)c1. The molecule has 1 amide bonds. The number of hydrogen-bond donors (Lipinski definition) is 2. The minimum absolute atomic E-state index is 0.0166. The molecule has 0 fully saturated rings. The van der Waals surface area contributed by atoms with Gasteiger partial charge >= 0.3 is 0 Å². The molecule has 0 aliphatic rings. The van der Waals surface area contributed by atoms with E-state index in [0.717, 1.165) is 11.6 Å². The highest BCUT2D eigenvalue weighted by atomic mass is 32.2. The van der Waals surface area contributed by atoms with Gasteiger partial charge < -0.3 is 10.1 Å². The van der Waals surface area contributed by atoms with Gasteiger partial charge in [0.15, 0.2) is 0 Å². The van der Waals surface area contributed by atoms with Gasteiger partial charge in [0.25, 0.3) is 6.43 Å². The van der Waals surface area contributed by atoms with Crippen LogP contribution in [0.3, 0.4) is 0 Å². The van der Waals surface area contributed by atoms with Crippen LogP contribution in [-0.4, -0.2) is 14.3 Å². The molecule has 10 heteroatoms. The van der Waals surface area contributed by atoms with Crippen molar-refractivity contribution in [3.63, 3.8) is 0 Å². The van der Waals surface area contributed by atoms with E-state index in [1.807, 2.05) is 13.0 Å². The number of hydrogen-bond acceptors (Lipinski definition) is 5. The van der Waals surface area contributed by atoms with E-state index >= 15 is 0 Å². The van der Waals surface area contributed by atoms with Crippen LogP contribution < -0.4 is 15.2 Å². The summed E-state index contributed by atoms with van der Waals surface area (Å²) in [6.07, 6.45) is -2.18. The number of amides is 1. The number of halogens is 2. The van der Waals surface area contributed by atoms with Crippen molar-refractivity contribution >= 4 is 21.6 Å². The number of benzene rings is 3. The first-order chi connectivity index (χ1) is 16.5. The first kappa shape index (κ1) is 25.8. The molecule has 0 saturated heterocycles. The molecule has 182 valence electrons. The number of carbonyl (C=O) groups excluding carboxylic acids is 1. The predicted molar refractivity (Wildman–Crippen MR) is 127 cm³/mol. The molecule has 0 spiro atoms. The van der Waals surface area contributed by atoms with E-state index in [9.17, 15) is 22.0 Å². The van der Waals surface area contributed by atoms with Crippen molar-refractivity contribution in [1.82, 2.24) is 0 Å². The Morgan fingerprint density at radius 1 is 1.14 bits per heavy atom. The minimum Gasteiger partial charge on any atom is -0.457 e. The van der Waals surface area contributed by atoms with Crippen LogP contribution in [-0.2, 0) is 27.7 Å². The average Bonchev–Trinajstić information content (AvgIpc) is 2.79. The molecule has 0 saturated carbocycles. The van der Waals surface area contributed by atoms with Crippen LogP contribution in [0.5, 0.6) is 11.5 Å².